The Morgan fingerprint density at radius 2 is 2.26 bits per heavy atom. The third-order valence-corrected chi connectivity index (χ3v) is 2.54. The number of nitrogens with two attached hydrogens (primary N) is 1. The van der Waals surface area contributed by atoms with Crippen LogP contribution in [0.1, 0.15) is 12.6 Å². The molecule has 19 heavy (non-hydrogen) atoms. The number of imidazole rings is 1. The number of anilines is 1. The summed E-state index contributed by atoms with van der Waals surface area (Å²) in [4.78, 5) is 21.9. The monoisotopic (exact) mass is 269 g/mol. The molecular formula is C10H15N5O4. The smallest absolute Gasteiger partial charge is 0.280 e. The number of H-pyrrole nitrogens is 1. The Morgan fingerprint density at radius 3 is 2.95 bits per heavy atom. The predicted molar refractivity (Wildman–Crippen MR) is 66.3 cm³/mol. The molecular weight excluding hydrogens is 254 g/mol. The molecule has 104 valence electrons. The zero-order valence-electron chi connectivity index (χ0n) is 10.1. The van der Waals surface area contributed by atoms with Crippen molar-refractivity contribution >= 4 is 17.1 Å². The minimum atomic E-state index is -0.573. The number of aromatic amines is 1. The number of rotatable bonds is 6. The fraction of sp³-hybridized carbons (Fsp3) is 0.500. The Hall–Kier alpha value is -1.97. The Kier molecular flexibility index (Phi) is 4.10. The number of fused-ring (bicyclic) bond motifs is 1. The van der Waals surface area contributed by atoms with E-state index in [1.165, 1.54) is 10.9 Å². The van der Waals surface area contributed by atoms with Gasteiger partial charge in [0.1, 0.15) is 6.23 Å². The fourth-order valence-electron chi connectivity index (χ4n) is 1.76. The molecule has 0 spiro atoms. The van der Waals surface area contributed by atoms with E-state index < -0.39 is 11.8 Å². The van der Waals surface area contributed by atoms with Gasteiger partial charge in [0.15, 0.2) is 11.2 Å². The van der Waals surface area contributed by atoms with E-state index in [9.17, 15) is 4.79 Å². The van der Waals surface area contributed by atoms with Gasteiger partial charge in [0.05, 0.1) is 19.5 Å². The number of aliphatic hydroxyl groups excluding tert-OH is 2. The van der Waals surface area contributed by atoms with E-state index >= 15 is 0 Å². The summed E-state index contributed by atoms with van der Waals surface area (Å²) in [7, 11) is 0. The van der Waals surface area contributed by atoms with Crippen molar-refractivity contribution < 1.29 is 14.9 Å². The van der Waals surface area contributed by atoms with Crippen LogP contribution in [-0.4, -0.2) is 49.6 Å². The van der Waals surface area contributed by atoms with Crippen molar-refractivity contribution in [1.82, 2.24) is 19.5 Å². The summed E-state index contributed by atoms with van der Waals surface area (Å²) in [5, 5.41) is 17.8. The number of hydrogen-bond donors (Lipinski definition) is 4. The number of nitrogens with zero attached hydrogens (tertiary/aromatic N) is 3. The number of nitrogen functional groups attached to an aromatic ring is 1. The van der Waals surface area contributed by atoms with Crippen LogP contribution in [0.3, 0.4) is 0 Å². The molecule has 2 aromatic heterocycles. The molecule has 0 bridgehead atoms. The van der Waals surface area contributed by atoms with Crippen LogP contribution < -0.4 is 11.3 Å². The van der Waals surface area contributed by atoms with Crippen LogP contribution in [0.15, 0.2) is 11.1 Å². The Bertz CT molecular complexity index is 607. The molecule has 0 saturated carbocycles. The van der Waals surface area contributed by atoms with E-state index in [0.717, 1.165) is 0 Å². The molecule has 9 heteroatoms. The van der Waals surface area contributed by atoms with Crippen molar-refractivity contribution in [2.45, 2.75) is 12.6 Å². The highest BCUT2D eigenvalue weighted by Crippen LogP contribution is 2.18. The second-order valence-electron chi connectivity index (χ2n) is 3.84. The molecule has 0 radical (unpaired) electrons. The first kappa shape index (κ1) is 13.5. The number of ether oxygens (including phenoxy) is 1. The molecule has 2 rings (SSSR count). The first-order valence-electron chi connectivity index (χ1n) is 5.73. The highest BCUT2D eigenvalue weighted by atomic mass is 16.5. The summed E-state index contributed by atoms with van der Waals surface area (Å²) < 4.78 is 6.89. The molecule has 2 aromatic rings. The van der Waals surface area contributed by atoms with Crippen LogP contribution in [0, 0.1) is 0 Å². The van der Waals surface area contributed by atoms with Gasteiger partial charge in [0.2, 0.25) is 5.95 Å². The molecule has 2 heterocycles. The lowest BCUT2D eigenvalue weighted by atomic mass is 10.4. The standard InChI is InChI=1S/C10H15N5O4/c11-10-13-8-7(9(18)14-10)12-5-15(8)6(1-2-16)19-4-3-17/h5-6,16-17H,1-4H2,(H3,11,13,14,18)/t6-/m1/s1. The van der Waals surface area contributed by atoms with Crippen molar-refractivity contribution in [2.24, 2.45) is 0 Å². The first-order valence-corrected chi connectivity index (χ1v) is 5.73. The highest BCUT2D eigenvalue weighted by Gasteiger charge is 2.17. The van der Waals surface area contributed by atoms with Gasteiger partial charge >= 0.3 is 0 Å². The fourth-order valence-corrected chi connectivity index (χ4v) is 1.76. The summed E-state index contributed by atoms with van der Waals surface area (Å²) in [5.41, 5.74) is 5.47. The molecule has 0 aromatic carbocycles. The third-order valence-electron chi connectivity index (χ3n) is 2.54. The normalized spacial score (nSPS) is 12.9. The molecule has 1 atom stereocenters. The van der Waals surface area contributed by atoms with Crippen LogP contribution in [0.25, 0.3) is 11.2 Å². The quantitative estimate of drug-likeness (QED) is 0.505. The van der Waals surface area contributed by atoms with Crippen LogP contribution in [0.5, 0.6) is 0 Å². The van der Waals surface area contributed by atoms with Gasteiger partial charge in [-0.3, -0.25) is 14.3 Å². The molecule has 0 saturated heterocycles. The van der Waals surface area contributed by atoms with E-state index in [2.05, 4.69) is 15.0 Å². The SMILES string of the molecule is Nc1nc2c(ncn2[C@@H](CCO)OCCO)c(=O)[nH]1. The van der Waals surface area contributed by atoms with Crippen molar-refractivity contribution in [3.63, 3.8) is 0 Å². The molecule has 9 nitrogen and oxygen atoms in total. The van der Waals surface area contributed by atoms with Crippen LogP contribution in [0.4, 0.5) is 5.95 Å². The average molecular weight is 269 g/mol. The Balaban J connectivity index is 2.44. The van der Waals surface area contributed by atoms with E-state index in [1.807, 2.05) is 0 Å². The van der Waals surface area contributed by atoms with E-state index in [4.69, 9.17) is 20.7 Å². The summed E-state index contributed by atoms with van der Waals surface area (Å²) in [6.07, 6.45) is 1.10. The molecule has 0 aliphatic heterocycles. The zero-order chi connectivity index (χ0) is 13.8. The molecule has 0 aliphatic carbocycles. The first-order chi connectivity index (χ1) is 9.17. The van der Waals surface area contributed by atoms with Crippen LogP contribution in [-0.2, 0) is 4.74 Å². The van der Waals surface area contributed by atoms with Gasteiger partial charge in [0, 0.05) is 13.0 Å². The summed E-state index contributed by atoms with van der Waals surface area (Å²) in [6.45, 7) is -0.165. The lowest BCUT2D eigenvalue weighted by Gasteiger charge is -2.18. The summed E-state index contributed by atoms with van der Waals surface area (Å²) >= 11 is 0. The van der Waals surface area contributed by atoms with Gasteiger partial charge in [0.25, 0.3) is 5.56 Å². The van der Waals surface area contributed by atoms with Gasteiger partial charge in [-0.25, -0.2) is 4.98 Å². The average Bonchev–Trinajstić information content (AvgIpc) is 2.78. The third kappa shape index (κ3) is 2.72. The lowest BCUT2D eigenvalue weighted by molar-refractivity contribution is -0.0260. The Labute approximate surface area is 107 Å². The van der Waals surface area contributed by atoms with Gasteiger partial charge in [-0.1, -0.05) is 0 Å². The molecule has 5 N–H and O–H groups in total. The van der Waals surface area contributed by atoms with Crippen molar-refractivity contribution in [3.8, 4) is 0 Å². The van der Waals surface area contributed by atoms with Crippen LogP contribution in [0.2, 0.25) is 0 Å². The maximum absolute atomic E-state index is 11.6. The topological polar surface area (TPSA) is 139 Å². The summed E-state index contributed by atoms with van der Waals surface area (Å²) in [5.74, 6) is -0.0239. The van der Waals surface area contributed by atoms with Crippen molar-refractivity contribution in [3.05, 3.63) is 16.7 Å². The van der Waals surface area contributed by atoms with Gasteiger partial charge < -0.3 is 20.7 Å². The number of aromatic nitrogens is 4. The maximum atomic E-state index is 11.6. The molecule has 0 amide bonds. The second kappa shape index (κ2) is 5.78. The Morgan fingerprint density at radius 1 is 1.47 bits per heavy atom. The van der Waals surface area contributed by atoms with Crippen molar-refractivity contribution in [1.29, 1.82) is 0 Å². The van der Waals surface area contributed by atoms with E-state index in [-0.39, 0.29) is 43.4 Å². The van der Waals surface area contributed by atoms with Crippen LogP contribution >= 0.6 is 0 Å². The van der Waals surface area contributed by atoms with Gasteiger partial charge in [-0.05, 0) is 0 Å². The maximum Gasteiger partial charge on any atom is 0.280 e. The number of hydrogen-bond acceptors (Lipinski definition) is 7. The second-order valence-corrected chi connectivity index (χ2v) is 3.84. The predicted octanol–water partition coefficient (Wildman–Crippen LogP) is -1.41. The van der Waals surface area contributed by atoms with Gasteiger partial charge in [-0.2, -0.15) is 4.98 Å². The molecule has 0 fully saturated rings. The molecule has 0 aliphatic rings. The van der Waals surface area contributed by atoms with Gasteiger partial charge in [-0.15, -0.1) is 0 Å². The minimum Gasteiger partial charge on any atom is -0.396 e. The number of aliphatic hydroxyl groups is 2. The van der Waals surface area contributed by atoms with E-state index in [0.29, 0.717) is 0 Å². The zero-order valence-corrected chi connectivity index (χ0v) is 10.1. The van der Waals surface area contributed by atoms with Crippen molar-refractivity contribution in [2.75, 3.05) is 25.6 Å². The number of nitrogens with one attached hydrogen (secondary N) is 1. The highest BCUT2D eigenvalue weighted by molar-refractivity contribution is 5.70. The van der Waals surface area contributed by atoms with E-state index in [1.54, 1.807) is 0 Å². The molecule has 0 unspecified atom stereocenters. The minimum absolute atomic E-state index is 0.0239. The summed E-state index contributed by atoms with van der Waals surface area (Å²) in [6, 6.07) is 0. The largest absolute Gasteiger partial charge is 0.396 e. The lowest BCUT2D eigenvalue weighted by Crippen LogP contribution is -2.18.